The Bertz CT molecular complexity index is 228. The molecule has 0 amide bonds. The van der Waals surface area contributed by atoms with Crippen LogP contribution < -0.4 is 0 Å². The lowest BCUT2D eigenvalue weighted by atomic mass is 10.0. The molecule has 0 bridgehead atoms. The number of hydrogen-bond acceptors (Lipinski definition) is 0. The van der Waals surface area contributed by atoms with E-state index in [9.17, 15) is 0 Å². The summed E-state index contributed by atoms with van der Waals surface area (Å²) in [5.41, 5.74) is 5.58. The van der Waals surface area contributed by atoms with Gasteiger partial charge in [0.05, 0.1) is 0 Å². The van der Waals surface area contributed by atoms with Crippen LogP contribution in [0.15, 0.2) is 12.1 Å². The highest BCUT2D eigenvalue weighted by Gasteiger charge is 1.95. The molecule has 0 saturated carbocycles. The van der Waals surface area contributed by atoms with Crippen LogP contribution in [-0.2, 0) is 0 Å². The van der Waals surface area contributed by atoms with E-state index < -0.39 is 0 Å². The Morgan fingerprint density at radius 1 is 0.818 bits per heavy atom. The first-order valence-electron chi connectivity index (χ1n) is 3.65. The smallest absolute Gasteiger partial charge is 0.0392 e. The molecule has 0 aliphatic carbocycles. The first kappa shape index (κ1) is 10.2. The van der Waals surface area contributed by atoms with E-state index in [1.165, 1.54) is 22.3 Å². The maximum Gasteiger partial charge on any atom is -0.0392 e. The second kappa shape index (κ2) is 3.54. The maximum absolute atomic E-state index is 2.22. The molecule has 0 aromatic heterocycles. The fraction of sp³-hybridized carbons (Fsp3) is 0.400. The normalized spacial score (nSPS) is 9.09. The summed E-state index contributed by atoms with van der Waals surface area (Å²) >= 11 is 0. The number of benzene rings is 1. The van der Waals surface area contributed by atoms with Gasteiger partial charge in [-0.05, 0) is 44.4 Å². The highest BCUT2D eigenvalue weighted by atomic mass is 16.0. The van der Waals surface area contributed by atoms with E-state index in [4.69, 9.17) is 0 Å². The molecule has 0 aliphatic heterocycles. The summed E-state index contributed by atoms with van der Waals surface area (Å²) in [5.74, 6) is 0. The van der Waals surface area contributed by atoms with E-state index in [0.717, 1.165) is 0 Å². The Hall–Kier alpha value is -0.820. The van der Waals surface area contributed by atoms with Crippen molar-refractivity contribution >= 4 is 0 Å². The average molecular weight is 152 g/mol. The average Bonchev–Trinajstić information content (AvgIpc) is 1.82. The van der Waals surface area contributed by atoms with E-state index in [0.29, 0.717) is 0 Å². The Balaban J connectivity index is 0.000001000. The third-order valence-electron chi connectivity index (χ3n) is 2.07. The van der Waals surface area contributed by atoms with Crippen LogP contribution in [0.2, 0.25) is 0 Å². The van der Waals surface area contributed by atoms with Gasteiger partial charge in [-0.25, -0.2) is 0 Å². The first-order chi connectivity index (χ1) is 4.61. The number of hydrogen-bond donors (Lipinski definition) is 0. The van der Waals surface area contributed by atoms with E-state index in [1.807, 2.05) is 0 Å². The maximum atomic E-state index is 2.22. The molecule has 2 N–H and O–H groups in total. The zero-order valence-corrected chi connectivity index (χ0v) is 7.65. The van der Waals surface area contributed by atoms with Crippen molar-refractivity contribution in [3.8, 4) is 0 Å². The van der Waals surface area contributed by atoms with Crippen molar-refractivity contribution in [1.29, 1.82) is 0 Å². The van der Waals surface area contributed by atoms with Gasteiger partial charge in [0.1, 0.15) is 0 Å². The molecular weight excluding hydrogens is 136 g/mol. The first-order valence-corrected chi connectivity index (χ1v) is 3.65. The van der Waals surface area contributed by atoms with Crippen LogP contribution in [0, 0.1) is 27.7 Å². The Morgan fingerprint density at radius 2 is 1.18 bits per heavy atom. The molecule has 1 aromatic carbocycles. The number of aryl methyl sites for hydroxylation is 3. The van der Waals surface area contributed by atoms with Crippen molar-refractivity contribution in [2.45, 2.75) is 27.7 Å². The van der Waals surface area contributed by atoms with Gasteiger partial charge in [-0.2, -0.15) is 0 Å². The molecule has 1 nitrogen and oxygen atoms in total. The van der Waals surface area contributed by atoms with Gasteiger partial charge in [-0.1, -0.05) is 17.7 Å². The fourth-order valence-corrected chi connectivity index (χ4v) is 1.25. The second-order valence-electron chi connectivity index (χ2n) is 3.02. The summed E-state index contributed by atoms with van der Waals surface area (Å²) in [6, 6.07) is 4.45. The van der Waals surface area contributed by atoms with Crippen LogP contribution in [0.4, 0.5) is 0 Å². The molecule has 0 heterocycles. The van der Waals surface area contributed by atoms with Crippen LogP contribution in [0.25, 0.3) is 0 Å². The predicted molar refractivity (Wildman–Crippen MR) is 49.0 cm³/mol. The van der Waals surface area contributed by atoms with Crippen LogP contribution in [0.1, 0.15) is 22.3 Å². The number of rotatable bonds is 0. The lowest BCUT2D eigenvalue weighted by Crippen LogP contribution is -1.86. The minimum Gasteiger partial charge on any atom is -0.412 e. The largest absolute Gasteiger partial charge is 0.412 e. The monoisotopic (exact) mass is 152 g/mol. The van der Waals surface area contributed by atoms with Gasteiger partial charge >= 0.3 is 0 Å². The lowest BCUT2D eigenvalue weighted by molar-refractivity contribution is 0.824. The Labute approximate surface area is 68.4 Å². The summed E-state index contributed by atoms with van der Waals surface area (Å²) in [6.07, 6.45) is 0. The van der Waals surface area contributed by atoms with Gasteiger partial charge in [0, 0.05) is 0 Å². The van der Waals surface area contributed by atoms with Crippen LogP contribution in [0.3, 0.4) is 0 Å². The van der Waals surface area contributed by atoms with E-state index in [2.05, 4.69) is 39.8 Å². The van der Waals surface area contributed by atoms with Gasteiger partial charge in [0.25, 0.3) is 0 Å². The fourth-order valence-electron chi connectivity index (χ4n) is 1.25. The molecular formula is C10H16O. The summed E-state index contributed by atoms with van der Waals surface area (Å²) in [7, 11) is 0. The van der Waals surface area contributed by atoms with Gasteiger partial charge in [-0.15, -0.1) is 0 Å². The molecule has 11 heavy (non-hydrogen) atoms. The van der Waals surface area contributed by atoms with Crippen molar-refractivity contribution in [3.05, 3.63) is 34.4 Å². The van der Waals surface area contributed by atoms with Crippen molar-refractivity contribution in [3.63, 3.8) is 0 Å². The molecule has 62 valence electrons. The third-order valence-corrected chi connectivity index (χ3v) is 2.07. The van der Waals surface area contributed by atoms with Crippen molar-refractivity contribution in [1.82, 2.24) is 0 Å². The molecule has 0 radical (unpaired) electrons. The molecule has 0 unspecified atom stereocenters. The van der Waals surface area contributed by atoms with Crippen molar-refractivity contribution < 1.29 is 5.48 Å². The lowest BCUT2D eigenvalue weighted by Gasteiger charge is -2.04. The second-order valence-corrected chi connectivity index (χ2v) is 3.02. The topological polar surface area (TPSA) is 31.5 Å². The summed E-state index contributed by atoms with van der Waals surface area (Å²) in [5, 5.41) is 0. The summed E-state index contributed by atoms with van der Waals surface area (Å²) < 4.78 is 0. The van der Waals surface area contributed by atoms with E-state index in [-0.39, 0.29) is 5.48 Å². The molecule has 1 heteroatoms. The van der Waals surface area contributed by atoms with Crippen LogP contribution >= 0.6 is 0 Å². The van der Waals surface area contributed by atoms with Crippen LogP contribution in [0.5, 0.6) is 0 Å². The van der Waals surface area contributed by atoms with Gasteiger partial charge in [-0.3, -0.25) is 0 Å². The minimum absolute atomic E-state index is 0. The summed E-state index contributed by atoms with van der Waals surface area (Å²) in [6.45, 7) is 8.63. The molecule has 0 fully saturated rings. The highest BCUT2D eigenvalue weighted by molar-refractivity contribution is 5.35. The van der Waals surface area contributed by atoms with Gasteiger partial charge < -0.3 is 5.48 Å². The Kier molecular flexibility index (Phi) is 3.27. The van der Waals surface area contributed by atoms with Gasteiger partial charge in [0.15, 0.2) is 0 Å². The SMILES string of the molecule is Cc1cc(C)c(C)c(C)c1.O. The zero-order valence-electron chi connectivity index (χ0n) is 7.65. The molecule has 0 spiro atoms. The molecule has 0 saturated heterocycles. The molecule has 1 aromatic rings. The predicted octanol–water partition coefficient (Wildman–Crippen LogP) is 2.10. The van der Waals surface area contributed by atoms with E-state index in [1.54, 1.807) is 0 Å². The Morgan fingerprint density at radius 3 is 1.55 bits per heavy atom. The van der Waals surface area contributed by atoms with Crippen LogP contribution in [-0.4, -0.2) is 5.48 Å². The molecule has 1 rings (SSSR count). The highest BCUT2D eigenvalue weighted by Crippen LogP contribution is 2.13. The zero-order chi connectivity index (χ0) is 7.72. The molecule has 0 aliphatic rings. The standard InChI is InChI=1S/C10H14.H2O/c1-7-5-8(2)10(4)9(3)6-7;/h5-6H,1-4H3;1H2. The minimum atomic E-state index is 0. The van der Waals surface area contributed by atoms with Gasteiger partial charge in [0.2, 0.25) is 0 Å². The van der Waals surface area contributed by atoms with Crippen molar-refractivity contribution in [2.24, 2.45) is 0 Å². The third kappa shape index (κ3) is 2.05. The quantitative estimate of drug-likeness (QED) is 0.545. The van der Waals surface area contributed by atoms with E-state index >= 15 is 0 Å². The van der Waals surface area contributed by atoms with Crippen molar-refractivity contribution in [2.75, 3.05) is 0 Å². The molecule has 0 atom stereocenters. The summed E-state index contributed by atoms with van der Waals surface area (Å²) in [4.78, 5) is 0.